The van der Waals surface area contributed by atoms with Crippen LogP contribution in [-0.4, -0.2) is 48.6 Å². The van der Waals surface area contributed by atoms with Crippen LogP contribution in [0.25, 0.3) is 0 Å². The molecule has 2 aliphatic heterocycles. The van der Waals surface area contributed by atoms with E-state index >= 15 is 0 Å². The van der Waals surface area contributed by atoms with Gasteiger partial charge >= 0.3 is 0 Å². The van der Waals surface area contributed by atoms with Crippen LogP contribution in [0.1, 0.15) is 33.1 Å². The van der Waals surface area contributed by atoms with E-state index in [4.69, 9.17) is 4.74 Å². The van der Waals surface area contributed by atoms with Crippen LogP contribution in [0.15, 0.2) is 0 Å². The lowest BCUT2D eigenvalue weighted by atomic mass is 9.85. The number of hydrogen-bond donors (Lipinski definition) is 1. The number of rotatable bonds is 3. The lowest BCUT2D eigenvalue weighted by Crippen LogP contribution is -2.55. The standard InChI is InChI=1S/C13H22N2O3/c1-9(2)18-8-13(17)15-6-5-11-10(7-15)3-4-12(16)14-11/h9-11H,3-8H2,1-2H3,(H,14,16). The highest BCUT2D eigenvalue weighted by atomic mass is 16.5. The van der Waals surface area contributed by atoms with E-state index in [0.717, 1.165) is 25.9 Å². The van der Waals surface area contributed by atoms with E-state index in [1.165, 1.54) is 0 Å². The number of carbonyl (C=O) groups excluding carboxylic acids is 2. The minimum atomic E-state index is 0.0686. The van der Waals surface area contributed by atoms with Crippen molar-refractivity contribution in [3.05, 3.63) is 0 Å². The lowest BCUT2D eigenvalue weighted by molar-refractivity contribution is -0.140. The highest BCUT2D eigenvalue weighted by Gasteiger charge is 2.35. The van der Waals surface area contributed by atoms with Gasteiger partial charge in [-0.15, -0.1) is 0 Å². The fourth-order valence-electron chi connectivity index (χ4n) is 2.67. The predicted molar refractivity (Wildman–Crippen MR) is 66.9 cm³/mol. The summed E-state index contributed by atoms with van der Waals surface area (Å²) in [4.78, 5) is 25.1. The molecule has 102 valence electrons. The number of likely N-dealkylation sites (tertiary alicyclic amines) is 1. The third-order valence-electron chi connectivity index (χ3n) is 3.72. The van der Waals surface area contributed by atoms with Gasteiger partial charge in [0, 0.05) is 25.6 Å². The highest BCUT2D eigenvalue weighted by molar-refractivity contribution is 5.78. The number of ether oxygens (including phenoxy) is 1. The van der Waals surface area contributed by atoms with Crippen molar-refractivity contribution < 1.29 is 14.3 Å². The van der Waals surface area contributed by atoms with Crippen LogP contribution in [0.2, 0.25) is 0 Å². The van der Waals surface area contributed by atoms with E-state index in [1.54, 1.807) is 0 Å². The molecular formula is C13H22N2O3. The Morgan fingerprint density at radius 2 is 2.28 bits per heavy atom. The molecule has 2 atom stereocenters. The van der Waals surface area contributed by atoms with Crippen LogP contribution in [0.3, 0.4) is 0 Å². The minimum Gasteiger partial charge on any atom is -0.369 e. The predicted octanol–water partition coefficient (Wildman–Crippen LogP) is 0.539. The number of amides is 2. The topological polar surface area (TPSA) is 58.6 Å². The molecule has 5 heteroatoms. The van der Waals surface area contributed by atoms with Crippen LogP contribution in [-0.2, 0) is 14.3 Å². The molecule has 2 fully saturated rings. The summed E-state index contributed by atoms with van der Waals surface area (Å²) >= 11 is 0. The van der Waals surface area contributed by atoms with Crippen molar-refractivity contribution in [2.75, 3.05) is 19.7 Å². The minimum absolute atomic E-state index is 0.0686. The zero-order valence-electron chi connectivity index (χ0n) is 11.1. The zero-order valence-corrected chi connectivity index (χ0v) is 11.1. The number of piperidine rings is 2. The summed E-state index contributed by atoms with van der Waals surface area (Å²) in [6, 6.07) is 0.265. The van der Waals surface area contributed by atoms with Crippen molar-refractivity contribution in [2.45, 2.75) is 45.3 Å². The van der Waals surface area contributed by atoms with Gasteiger partial charge in [0.25, 0.3) is 0 Å². The normalized spacial score (nSPS) is 27.9. The first-order valence-corrected chi connectivity index (χ1v) is 6.75. The van der Waals surface area contributed by atoms with Crippen molar-refractivity contribution in [1.82, 2.24) is 10.2 Å². The Kier molecular flexibility index (Phi) is 4.22. The first kappa shape index (κ1) is 13.3. The van der Waals surface area contributed by atoms with Gasteiger partial charge in [-0.3, -0.25) is 9.59 Å². The second-order valence-electron chi connectivity index (χ2n) is 5.46. The number of carbonyl (C=O) groups is 2. The van der Waals surface area contributed by atoms with Crippen LogP contribution in [0.5, 0.6) is 0 Å². The second-order valence-corrected chi connectivity index (χ2v) is 5.46. The molecule has 0 radical (unpaired) electrons. The van der Waals surface area contributed by atoms with E-state index in [2.05, 4.69) is 5.32 Å². The average Bonchev–Trinajstić information content (AvgIpc) is 2.35. The molecule has 18 heavy (non-hydrogen) atoms. The van der Waals surface area contributed by atoms with Gasteiger partial charge in [-0.1, -0.05) is 0 Å². The molecule has 0 aromatic heterocycles. The molecule has 2 rings (SSSR count). The molecule has 2 heterocycles. The number of fused-ring (bicyclic) bond motifs is 1. The Labute approximate surface area is 108 Å². The van der Waals surface area contributed by atoms with Gasteiger partial charge in [0.05, 0.1) is 6.10 Å². The Bertz CT molecular complexity index is 330. The number of hydrogen-bond acceptors (Lipinski definition) is 3. The summed E-state index contributed by atoms with van der Waals surface area (Å²) in [6.45, 7) is 5.50. The summed E-state index contributed by atoms with van der Waals surface area (Å²) in [5.41, 5.74) is 0. The van der Waals surface area contributed by atoms with E-state index < -0.39 is 0 Å². The van der Waals surface area contributed by atoms with Crippen molar-refractivity contribution >= 4 is 11.8 Å². The van der Waals surface area contributed by atoms with Crippen LogP contribution in [0.4, 0.5) is 0 Å². The quantitative estimate of drug-likeness (QED) is 0.799. The van der Waals surface area contributed by atoms with E-state index in [1.807, 2.05) is 18.7 Å². The fourth-order valence-corrected chi connectivity index (χ4v) is 2.67. The third kappa shape index (κ3) is 3.22. The second kappa shape index (κ2) is 5.69. The molecule has 2 aliphatic rings. The van der Waals surface area contributed by atoms with Crippen LogP contribution < -0.4 is 5.32 Å². The molecule has 1 N–H and O–H groups in total. The Morgan fingerprint density at radius 3 is 3.00 bits per heavy atom. The van der Waals surface area contributed by atoms with Crippen molar-refractivity contribution in [3.8, 4) is 0 Å². The summed E-state index contributed by atoms with van der Waals surface area (Å²) in [6.07, 6.45) is 2.43. The SMILES string of the molecule is CC(C)OCC(=O)N1CCC2NC(=O)CCC2C1. The largest absolute Gasteiger partial charge is 0.369 e. The lowest BCUT2D eigenvalue weighted by Gasteiger charge is -2.41. The van der Waals surface area contributed by atoms with E-state index in [-0.39, 0.29) is 30.6 Å². The number of nitrogens with zero attached hydrogens (tertiary/aromatic N) is 1. The molecule has 0 saturated carbocycles. The molecule has 0 aromatic carbocycles. The summed E-state index contributed by atoms with van der Waals surface area (Å²) in [5, 5.41) is 3.02. The molecule has 0 bridgehead atoms. The molecule has 0 aliphatic carbocycles. The third-order valence-corrected chi connectivity index (χ3v) is 3.72. The average molecular weight is 254 g/mol. The molecule has 2 saturated heterocycles. The maximum Gasteiger partial charge on any atom is 0.248 e. The highest BCUT2D eigenvalue weighted by Crippen LogP contribution is 2.25. The zero-order chi connectivity index (χ0) is 13.1. The number of nitrogens with one attached hydrogen (secondary N) is 1. The first-order valence-electron chi connectivity index (χ1n) is 6.75. The van der Waals surface area contributed by atoms with E-state index in [9.17, 15) is 9.59 Å². The maximum absolute atomic E-state index is 12.0. The van der Waals surface area contributed by atoms with Crippen LogP contribution in [0, 0.1) is 5.92 Å². The fraction of sp³-hybridized carbons (Fsp3) is 0.846. The molecule has 0 spiro atoms. The summed E-state index contributed by atoms with van der Waals surface area (Å²) in [7, 11) is 0. The first-order chi connectivity index (χ1) is 8.56. The van der Waals surface area contributed by atoms with Crippen molar-refractivity contribution in [1.29, 1.82) is 0 Å². The van der Waals surface area contributed by atoms with Gasteiger partial charge in [0.1, 0.15) is 6.61 Å². The summed E-state index contributed by atoms with van der Waals surface area (Å²) < 4.78 is 5.35. The Morgan fingerprint density at radius 1 is 1.50 bits per heavy atom. The van der Waals surface area contributed by atoms with Gasteiger partial charge in [0.2, 0.25) is 11.8 Å². The molecule has 5 nitrogen and oxygen atoms in total. The smallest absolute Gasteiger partial charge is 0.248 e. The van der Waals surface area contributed by atoms with Gasteiger partial charge in [-0.05, 0) is 32.6 Å². The molecule has 0 aromatic rings. The molecule has 2 unspecified atom stereocenters. The Balaban J connectivity index is 1.83. The Hall–Kier alpha value is -1.10. The van der Waals surface area contributed by atoms with Gasteiger partial charge in [0.15, 0.2) is 0 Å². The van der Waals surface area contributed by atoms with E-state index in [0.29, 0.717) is 12.3 Å². The monoisotopic (exact) mass is 254 g/mol. The summed E-state index contributed by atoms with van der Waals surface area (Å²) in [5.74, 6) is 0.637. The van der Waals surface area contributed by atoms with Crippen molar-refractivity contribution in [2.24, 2.45) is 5.92 Å². The van der Waals surface area contributed by atoms with Gasteiger partial charge in [-0.25, -0.2) is 0 Å². The maximum atomic E-state index is 12.0. The molecule has 2 amide bonds. The molecular weight excluding hydrogens is 232 g/mol. The van der Waals surface area contributed by atoms with Gasteiger partial charge < -0.3 is 15.0 Å². The van der Waals surface area contributed by atoms with Gasteiger partial charge in [-0.2, -0.15) is 0 Å². The van der Waals surface area contributed by atoms with Crippen LogP contribution >= 0.6 is 0 Å². The van der Waals surface area contributed by atoms with Crippen molar-refractivity contribution in [3.63, 3.8) is 0 Å².